The van der Waals surface area contributed by atoms with E-state index in [1.165, 1.54) is 0 Å². The number of nitrogens with zero attached hydrogens (tertiary/aromatic N) is 1. The molecule has 0 aliphatic carbocycles. The van der Waals surface area contributed by atoms with Crippen LogP contribution in [0.3, 0.4) is 0 Å². The van der Waals surface area contributed by atoms with Crippen LogP contribution in [0.1, 0.15) is 5.56 Å². The van der Waals surface area contributed by atoms with E-state index in [1.54, 1.807) is 26.6 Å². The summed E-state index contributed by atoms with van der Waals surface area (Å²) in [6, 6.07) is 1.94. The van der Waals surface area contributed by atoms with Crippen LogP contribution in [0.25, 0.3) is 0 Å². The highest BCUT2D eigenvalue weighted by atomic mass is 16.5. The van der Waals surface area contributed by atoms with Crippen molar-refractivity contribution >= 4 is 0 Å². The number of nitrogens with one attached hydrogen (secondary N) is 1. The zero-order chi connectivity index (χ0) is 10.2. The van der Waals surface area contributed by atoms with Crippen molar-refractivity contribution in [3.63, 3.8) is 0 Å². The molecule has 4 heteroatoms. The highest BCUT2D eigenvalue weighted by Gasteiger charge is 2.00. The number of hydrogen-bond acceptors (Lipinski definition) is 4. The number of ether oxygens (including phenoxy) is 2. The lowest BCUT2D eigenvalue weighted by Gasteiger charge is -2.08. The van der Waals surface area contributed by atoms with E-state index in [-0.39, 0.29) is 0 Å². The highest BCUT2D eigenvalue weighted by molar-refractivity contribution is 5.29. The van der Waals surface area contributed by atoms with Crippen molar-refractivity contribution in [2.45, 2.75) is 6.54 Å². The van der Waals surface area contributed by atoms with Crippen LogP contribution in [0, 0.1) is 0 Å². The van der Waals surface area contributed by atoms with Crippen molar-refractivity contribution in [1.29, 1.82) is 0 Å². The first-order valence-corrected chi connectivity index (χ1v) is 4.55. The number of pyridine rings is 1. The summed E-state index contributed by atoms with van der Waals surface area (Å²) >= 11 is 0. The Bertz CT molecular complexity index is 266. The van der Waals surface area contributed by atoms with Crippen molar-refractivity contribution in [2.75, 3.05) is 27.4 Å². The van der Waals surface area contributed by atoms with Gasteiger partial charge in [-0.05, 0) is 6.07 Å². The molecule has 14 heavy (non-hydrogen) atoms. The minimum absolute atomic E-state index is 0.716. The normalized spacial score (nSPS) is 10.1. The zero-order valence-corrected chi connectivity index (χ0v) is 8.62. The summed E-state index contributed by atoms with van der Waals surface area (Å²) in [4.78, 5) is 3.98. The van der Waals surface area contributed by atoms with Gasteiger partial charge in [-0.2, -0.15) is 0 Å². The number of rotatable bonds is 6. The van der Waals surface area contributed by atoms with Gasteiger partial charge < -0.3 is 14.8 Å². The SMILES string of the molecule is COCCNCc1ccncc1OC. The average molecular weight is 196 g/mol. The molecule has 0 unspecified atom stereocenters. The predicted octanol–water partition coefficient (Wildman–Crippen LogP) is 0.826. The third-order valence-corrected chi connectivity index (χ3v) is 1.89. The standard InChI is InChI=1S/C10H16N2O2/c1-13-6-5-12-7-9-3-4-11-8-10(9)14-2/h3-4,8,12H,5-7H2,1-2H3. The fourth-order valence-corrected chi connectivity index (χ4v) is 1.14. The van der Waals surface area contributed by atoms with Crippen LogP contribution in [0.5, 0.6) is 5.75 Å². The summed E-state index contributed by atoms with van der Waals surface area (Å²) in [5, 5.41) is 3.24. The number of hydrogen-bond donors (Lipinski definition) is 1. The van der Waals surface area contributed by atoms with Crippen LogP contribution in [0.4, 0.5) is 0 Å². The summed E-state index contributed by atoms with van der Waals surface area (Å²) in [5.74, 6) is 0.817. The number of aromatic nitrogens is 1. The smallest absolute Gasteiger partial charge is 0.141 e. The third-order valence-electron chi connectivity index (χ3n) is 1.89. The number of methoxy groups -OCH3 is 2. The van der Waals surface area contributed by atoms with Crippen LogP contribution < -0.4 is 10.1 Å². The molecule has 0 aliphatic heterocycles. The van der Waals surface area contributed by atoms with Gasteiger partial charge in [-0.15, -0.1) is 0 Å². The van der Waals surface area contributed by atoms with Gasteiger partial charge in [-0.3, -0.25) is 4.98 Å². The first-order chi connectivity index (χ1) is 6.88. The summed E-state index contributed by atoms with van der Waals surface area (Å²) in [6.07, 6.45) is 3.48. The molecule has 0 bridgehead atoms. The van der Waals surface area contributed by atoms with E-state index in [1.807, 2.05) is 6.07 Å². The van der Waals surface area contributed by atoms with E-state index < -0.39 is 0 Å². The summed E-state index contributed by atoms with van der Waals surface area (Å²) in [5.41, 5.74) is 1.11. The van der Waals surface area contributed by atoms with Crippen molar-refractivity contribution in [3.8, 4) is 5.75 Å². The Morgan fingerprint density at radius 2 is 2.29 bits per heavy atom. The van der Waals surface area contributed by atoms with Gasteiger partial charge in [0.2, 0.25) is 0 Å². The van der Waals surface area contributed by atoms with E-state index >= 15 is 0 Å². The molecule has 0 amide bonds. The van der Waals surface area contributed by atoms with Gasteiger partial charge in [0.05, 0.1) is 19.9 Å². The fourth-order valence-electron chi connectivity index (χ4n) is 1.14. The second kappa shape index (κ2) is 6.34. The van der Waals surface area contributed by atoms with E-state index in [0.717, 1.165) is 24.4 Å². The second-order valence-corrected chi connectivity index (χ2v) is 2.86. The molecule has 0 saturated heterocycles. The molecule has 1 heterocycles. The molecule has 0 spiro atoms. The van der Waals surface area contributed by atoms with Crippen LogP contribution >= 0.6 is 0 Å². The lowest BCUT2D eigenvalue weighted by atomic mass is 10.2. The Labute approximate surface area is 84.3 Å². The van der Waals surface area contributed by atoms with Gasteiger partial charge in [0, 0.05) is 32.0 Å². The van der Waals surface area contributed by atoms with Gasteiger partial charge >= 0.3 is 0 Å². The molecular weight excluding hydrogens is 180 g/mol. The minimum atomic E-state index is 0.716. The maximum Gasteiger partial charge on any atom is 0.141 e. The Kier molecular flexibility index (Phi) is 4.96. The molecule has 4 nitrogen and oxygen atoms in total. The Hall–Kier alpha value is -1.13. The molecule has 0 aliphatic rings. The second-order valence-electron chi connectivity index (χ2n) is 2.86. The Morgan fingerprint density at radius 1 is 1.43 bits per heavy atom. The topological polar surface area (TPSA) is 43.4 Å². The molecule has 1 aromatic heterocycles. The van der Waals surface area contributed by atoms with E-state index in [9.17, 15) is 0 Å². The maximum absolute atomic E-state index is 5.17. The monoisotopic (exact) mass is 196 g/mol. The van der Waals surface area contributed by atoms with Crippen LogP contribution in [0.15, 0.2) is 18.5 Å². The largest absolute Gasteiger partial charge is 0.495 e. The van der Waals surface area contributed by atoms with Gasteiger partial charge in [-0.1, -0.05) is 0 Å². The van der Waals surface area contributed by atoms with E-state index in [4.69, 9.17) is 9.47 Å². The molecule has 0 atom stereocenters. The first-order valence-electron chi connectivity index (χ1n) is 4.55. The molecule has 1 rings (SSSR count). The summed E-state index contributed by atoms with van der Waals surface area (Å²) < 4.78 is 10.1. The van der Waals surface area contributed by atoms with Crippen molar-refractivity contribution in [3.05, 3.63) is 24.0 Å². The van der Waals surface area contributed by atoms with Crippen molar-refractivity contribution < 1.29 is 9.47 Å². The van der Waals surface area contributed by atoms with Crippen LogP contribution in [0.2, 0.25) is 0 Å². The zero-order valence-electron chi connectivity index (χ0n) is 8.62. The van der Waals surface area contributed by atoms with Crippen LogP contribution in [-0.2, 0) is 11.3 Å². The fraction of sp³-hybridized carbons (Fsp3) is 0.500. The molecule has 1 aromatic rings. The molecule has 0 aromatic carbocycles. The molecule has 0 fully saturated rings. The first kappa shape index (κ1) is 10.9. The van der Waals surface area contributed by atoms with E-state index in [2.05, 4.69) is 10.3 Å². The molecular formula is C10H16N2O2. The van der Waals surface area contributed by atoms with Crippen LogP contribution in [-0.4, -0.2) is 32.4 Å². The Balaban J connectivity index is 2.41. The summed E-state index contributed by atoms with van der Waals surface area (Å²) in [7, 11) is 3.34. The lowest BCUT2D eigenvalue weighted by molar-refractivity contribution is 0.199. The molecule has 1 N–H and O–H groups in total. The van der Waals surface area contributed by atoms with Gasteiger partial charge in [0.25, 0.3) is 0 Å². The summed E-state index contributed by atoms with van der Waals surface area (Å²) in [6.45, 7) is 2.32. The average Bonchev–Trinajstić information content (AvgIpc) is 2.25. The lowest BCUT2D eigenvalue weighted by Crippen LogP contribution is -2.18. The third kappa shape index (κ3) is 3.32. The van der Waals surface area contributed by atoms with Gasteiger partial charge in [0.15, 0.2) is 0 Å². The van der Waals surface area contributed by atoms with Gasteiger partial charge in [-0.25, -0.2) is 0 Å². The van der Waals surface area contributed by atoms with Crippen molar-refractivity contribution in [2.24, 2.45) is 0 Å². The Morgan fingerprint density at radius 3 is 3.00 bits per heavy atom. The predicted molar refractivity (Wildman–Crippen MR) is 54.4 cm³/mol. The molecule has 78 valence electrons. The maximum atomic E-state index is 5.17. The van der Waals surface area contributed by atoms with Crippen molar-refractivity contribution in [1.82, 2.24) is 10.3 Å². The molecule has 0 saturated carbocycles. The highest BCUT2D eigenvalue weighted by Crippen LogP contribution is 2.14. The van der Waals surface area contributed by atoms with Gasteiger partial charge in [0.1, 0.15) is 5.75 Å². The molecule has 0 radical (unpaired) electrons. The quantitative estimate of drug-likeness (QED) is 0.684. The van der Waals surface area contributed by atoms with E-state index in [0.29, 0.717) is 6.61 Å². The minimum Gasteiger partial charge on any atom is -0.495 e.